The molecule has 3 aromatic rings. The lowest BCUT2D eigenvalue weighted by Crippen LogP contribution is -2.36. The van der Waals surface area contributed by atoms with E-state index in [-0.39, 0.29) is 5.75 Å². The standard InChI is InChI=1S/C24H24N4O2/c29-21-3-1-2-18(14-21)23-15-17-8-9-25-16-22(17)24(27-23)26-19-4-6-20(7-5-19)28-10-12-30-13-11-28/h1-9,14-15,25,29H,10-13,16H2,(H,26,27). The lowest BCUT2D eigenvalue weighted by atomic mass is 10.0. The molecular formula is C24H24N4O2. The average Bonchev–Trinajstić information content (AvgIpc) is 2.80. The van der Waals surface area contributed by atoms with Gasteiger partial charge in [0, 0.05) is 42.1 Å². The van der Waals surface area contributed by atoms with Crippen LogP contribution in [-0.4, -0.2) is 36.4 Å². The van der Waals surface area contributed by atoms with E-state index in [1.807, 2.05) is 18.3 Å². The Kier molecular flexibility index (Phi) is 4.99. The number of hydrogen-bond donors (Lipinski definition) is 3. The topological polar surface area (TPSA) is 69.7 Å². The van der Waals surface area contributed by atoms with Gasteiger partial charge in [0.1, 0.15) is 11.6 Å². The van der Waals surface area contributed by atoms with Crippen molar-refractivity contribution in [3.05, 3.63) is 71.9 Å². The number of anilines is 3. The van der Waals surface area contributed by atoms with Crippen molar-refractivity contribution in [2.24, 2.45) is 0 Å². The second-order valence-corrected chi connectivity index (χ2v) is 7.46. The summed E-state index contributed by atoms with van der Waals surface area (Å²) in [6, 6.07) is 17.7. The molecule has 0 bridgehead atoms. The van der Waals surface area contributed by atoms with E-state index in [1.165, 1.54) is 5.69 Å². The molecule has 1 saturated heterocycles. The number of aromatic hydroxyl groups is 1. The van der Waals surface area contributed by atoms with Crippen LogP contribution in [0.1, 0.15) is 11.1 Å². The molecule has 30 heavy (non-hydrogen) atoms. The van der Waals surface area contributed by atoms with E-state index in [2.05, 4.69) is 51.9 Å². The molecule has 1 fully saturated rings. The highest BCUT2D eigenvalue weighted by Crippen LogP contribution is 2.31. The lowest BCUT2D eigenvalue weighted by Gasteiger charge is -2.29. The molecular weight excluding hydrogens is 376 g/mol. The molecule has 2 aliphatic heterocycles. The molecule has 6 nitrogen and oxygen atoms in total. The number of nitrogens with zero attached hydrogens (tertiary/aromatic N) is 2. The number of phenols is 1. The van der Waals surface area contributed by atoms with Crippen molar-refractivity contribution in [2.75, 3.05) is 36.5 Å². The second kappa shape index (κ2) is 8.08. The number of fused-ring (bicyclic) bond motifs is 1. The first-order valence-corrected chi connectivity index (χ1v) is 10.2. The fourth-order valence-electron chi connectivity index (χ4n) is 3.87. The number of hydrogen-bond acceptors (Lipinski definition) is 6. The van der Waals surface area contributed by atoms with E-state index < -0.39 is 0 Å². The Hall–Kier alpha value is -3.51. The third-order valence-corrected chi connectivity index (χ3v) is 5.47. The van der Waals surface area contributed by atoms with E-state index in [0.29, 0.717) is 6.54 Å². The van der Waals surface area contributed by atoms with Crippen LogP contribution in [-0.2, 0) is 11.3 Å². The van der Waals surface area contributed by atoms with Gasteiger partial charge in [0.25, 0.3) is 0 Å². The molecule has 0 amide bonds. The fraction of sp³-hybridized carbons (Fsp3) is 0.208. The molecule has 3 N–H and O–H groups in total. The zero-order valence-electron chi connectivity index (χ0n) is 16.6. The summed E-state index contributed by atoms with van der Waals surface area (Å²) in [4.78, 5) is 7.22. The summed E-state index contributed by atoms with van der Waals surface area (Å²) >= 11 is 0. The van der Waals surface area contributed by atoms with Crippen molar-refractivity contribution >= 4 is 23.3 Å². The number of benzene rings is 2. The number of aromatic nitrogens is 1. The summed E-state index contributed by atoms with van der Waals surface area (Å²) in [6.07, 6.45) is 4.01. The van der Waals surface area contributed by atoms with Crippen LogP contribution < -0.4 is 15.5 Å². The molecule has 0 atom stereocenters. The maximum absolute atomic E-state index is 9.87. The van der Waals surface area contributed by atoms with Gasteiger partial charge in [-0.1, -0.05) is 12.1 Å². The molecule has 0 unspecified atom stereocenters. The van der Waals surface area contributed by atoms with E-state index in [4.69, 9.17) is 9.72 Å². The van der Waals surface area contributed by atoms with Crippen LogP contribution in [0.3, 0.4) is 0 Å². The molecule has 2 aliphatic rings. The minimum Gasteiger partial charge on any atom is -0.508 e. The van der Waals surface area contributed by atoms with Gasteiger partial charge in [-0.2, -0.15) is 0 Å². The summed E-state index contributed by atoms with van der Waals surface area (Å²) in [5, 5.41) is 16.6. The molecule has 0 saturated carbocycles. The van der Waals surface area contributed by atoms with Crippen molar-refractivity contribution in [3.63, 3.8) is 0 Å². The lowest BCUT2D eigenvalue weighted by molar-refractivity contribution is 0.122. The number of ether oxygens (including phenoxy) is 1. The van der Waals surface area contributed by atoms with Crippen molar-refractivity contribution in [3.8, 4) is 17.0 Å². The molecule has 2 aromatic carbocycles. The first-order chi connectivity index (χ1) is 14.8. The van der Waals surface area contributed by atoms with Crippen molar-refractivity contribution in [1.82, 2.24) is 10.3 Å². The van der Waals surface area contributed by atoms with Crippen LogP contribution in [0.5, 0.6) is 5.75 Å². The van der Waals surface area contributed by atoms with Crippen LogP contribution in [0, 0.1) is 0 Å². The summed E-state index contributed by atoms with van der Waals surface area (Å²) in [5.74, 6) is 1.05. The van der Waals surface area contributed by atoms with E-state index in [1.54, 1.807) is 12.1 Å². The first kappa shape index (κ1) is 18.5. The SMILES string of the molecule is Oc1cccc(-c2cc3c(c(Nc4ccc(N5CCOCC5)cc4)n2)CNC=C3)c1. The van der Waals surface area contributed by atoms with Crippen LogP contribution in [0.15, 0.2) is 60.8 Å². The molecule has 6 heteroatoms. The number of nitrogens with one attached hydrogen (secondary N) is 2. The van der Waals surface area contributed by atoms with Crippen LogP contribution in [0.25, 0.3) is 17.3 Å². The summed E-state index contributed by atoms with van der Waals surface area (Å²) in [6.45, 7) is 4.11. The van der Waals surface area contributed by atoms with Crippen LogP contribution in [0.2, 0.25) is 0 Å². The minimum absolute atomic E-state index is 0.234. The third-order valence-electron chi connectivity index (χ3n) is 5.47. The molecule has 0 spiro atoms. The zero-order valence-corrected chi connectivity index (χ0v) is 16.6. The summed E-state index contributed by atoms with van der Waals surface area (Å²) in [5.41, 5.74) is 6.15. The average molecular weight is 400 g/mol. The quantitative estimate of drug-likeness (QED) is 0.612. The van der Waals surface area contributed by atoms with Crippen molar-refractivity contribution < 1.29 is 9.84 Å². The number of rotatable bonds is 4. The normalized spacial score (nSPS) is 15.4. The Morgan fingerprint density at radius 2 is 1.87 bits per heavy atom. The Balaban J connectivity index is 1.46. The Labute approximate surface area is 175 Å². The molecule has 0 aliphatic carbocycles. The highest BCUT2D eigenvalue weighted by molar-refractivity contribution is 5.74. The van der Waals surface area contributed by atoms with Crippen LogP contribution >= 0.6 is 0 Å². The maximum atomic E-state index is 9.87. The van der Waals surface area contributed by atoms with Gasteiger partial charge in [0.05, 0.1) is 18.9 Å². The van der Waals surface area contributed by atoms with Gasteiger partial charge in [-0.3, -0.25) is 0 Å². The fourth-order valence-corrected chi connectivity index (χ4v) is 3.87. The van der Waals surface area contributed by atoms with Crippen LogP contribution in [0.4, 0.5) is 17.2 Å². The van der Waals surface area contributed by atoms with Crippen molar-refractivity contribution in [1.29, 1.82) is 0 Å². The van der Waals surface area contributed by atoms with Gasteiger partial charge in [-0.15, -0.1) is 0 Å². The predicted molar refractivity (Wildman–Crippen MR) is 120 cm³/mol. The second-order valence-electron chi connectivity index (χ2n) is 7.46. The van der Waals surface area contributed by atoms with Gasteiger partial charge in [-0.05, 0) is 60.3 Å². The van der Waals surface area contributed by atoms with Crippen molar-refractivity contribution in [2.45, 2.75) is 6.54 Å². The zero-order chi connectivity index (χ0) is 20.3. The molecule has 5 rings (SSSR count). The summed E-state index contributed by atoms with van der Waals surface area (Å²) < 4.78 is 5.44. The Bertz CT molecular complexity index is 1070. The number of phenolic OH excluding ortho intramolecular Hbond substituents is 1. The van der Waals surface area contributed by atoms with E-state index in [9.17, 15) is 5.11 Å². The predicted octanol–water partition coefficient (Wildman–Crippen LogP) is 4.11. The minimum atomic E-state index is 0.234. The van der Waals surface area contributed by atoms with Gasteiger partial charge < -0.3 is 25.4 Å². The molecule has 3 heterocycles. The molecule has 0 radical (unpaired) electrons. The Morgan fingerprint density at radius 3 is 2.67 bits per heavy atom. The largest absolute Gasteiger partial charge is 0.508 e. The third kappa shape index (κ3) is 3.82. The van der Waals surface area contributed by atoms with E-state index in [0.717, 1.165) is 60.2 Å². The summed E-state index contributed by atoms with van der Waals surface area (Å²) in [7, 11) is 0. The highest BCUT2D eigenvalue weighted by Gasteiger charge is 2.16. The molecule has 152 valence electrons. The van der Waals surface area contributed by atoms with E-state index >= 15 is 0 Å². The first-order valence-electron chi connectivity index (χ1n) is 10.2. The monoisotopic (exact) mass is 400 g/mol. The Morgan fingerprint density at radius 1 is 1.03 bits per heavy atom. The maximum Gasteiger partial charge on any atom is 0.136 e. The number of morpholine rings is 1. The highest BCUT2D eigenvalue weighted by atomic mass is 16.5. The van der Waals surface area contributed by atoms with Gasteiger partial charge in [-0.25, -0.2) is 4.98 Å². The number of pyridine rings is 1. The molecule has 1 aromatic heterocycles. The van der Waals surface area contributed by atoms with Gasteiger partial charge >= 0.3 is 0 Å². The smallest absolute Gasteiger partial charge is 0.136 e. The van der Waals surface area contributed by atoms with Gasteiger partial charge in [0.15, 0.2) is 0 Å². The van der Waals surface area contributed by atoms with Gasteiger partial charge in [0.2, 0.25) is 0 Å².